The quantitative estimate of drug-likeness (QED) is 0.629. The van der Waals surface area contributed by atoms with E-state index in [0.717, 1.165) is 12.1 Å². The summed E-state index contributed by atoms with van der Waals surface area (Å²) in [6.45, 7) is 5.12. The lowest BCUT2D eigenvalue weighted by molar-refractivity contribution is -0.137. The number of fused-ring (bicyclic) bond motifs is 1. The van der Waals surface area contributed by atoms with E-state index in [0.29, 0.717) is 11.3 Å². The van der Waals surface area contributed by atoms with Gasteiger partial charge in [0, 0.05) is 17.2 Å². The van der Waals surface area contributed by atoms with E-state index >= 15 is 0 Å². The minimum atomic E-state index is -4.74. The molecule has 1 atom stereocenters. The molecule has 2 heterocycles. The molecule has 10 heteroatoms. The number of alkyl halides is 3. The summed E-state index contributed by atoms with van der Waals surface area (Å²) in [6.07, 6.45) is -4.74. The SMILES string of the molecule is Cc1[nH]nc2c1C(c1cc(C#CC(=O)O)cc(C(F)(F)F)c1)(C(C)C)C(C#N)=C(N)O2. The van der Waals surface area contributed by atoms with E-state index < -0.39 is 29.0 Å². The molecular weight excluding hydrogens is 413 g/mol. The standard InChI is InChI=1S/C21H17F3N4O3/c1-10(2)20(15(9-25)18(26)31-19-17(20)11(3)27-28-19)13-6-12(4-5-16(29)30)7-14(8-13)21(22,23)24/h6-8,10H,26H2,1-3H3,(H,27,28)(H,29,30). The lowest BCUT2D eigenvalue weighted by Crippen LogP contribution is -2.41. The number of nitrogens with two attached hydrogens (primary N) is 1. The number of nitriles is 1. The maximum atomic E-state index is 13.7. The number of halogens is 3. The number of rotatable bonds is 2. The molecule has 160 valence electrons. The normalized spacial score (nSPS) is 18.0. The number of nitrogens with zero attached hydrogens (tertiary/aromatic N) is 2. The number of aliphatic carboxylic acids is 1. The average molecular weight is 430 g/mol. The molecule has 1 unspecified atom stereocenters. The molecule has 1 aromatic heterocycles. The van der Waals surface area contributed by atoms with E-state index in [1.165, 1.54) is 6.07 Å². The molecule has 31 heavy (non-hydrogen) atoms. The van der Waals surface area contributed by atoms with Gasteiger partial charge in [-0.25, -0.2) is 4.79 Å². The van der Waals surface area contributed by atoms with Crippen molar-refractivity contribution in [2.45, 2.75) is 32.4 Å². The Kier molecular flexibility index (Phi) is 5.20. The lowest BCUT2D eigenvalue weighted by atomic mass is 9.61. The molecule has 0 saturated carbocycles. The number of nitrogens with one attached hydrogen (secondary N) is 1. The summed E-state index contributed by atoms with van der Waals surface area (Å²) in [7, 11) is 0. The third-order valence-corrected chi connectivity index (χ3v) is 5.16. The van der Waals surface area contributed by atoms with Gasteiger partial charge in [0.15, 0.2) is 0 Å². The zero-order chi connectivity index (χ0) is 23.1. The van der Waals surface area contributed by atoms with Gasteiger partial charge in [0.05, 0.1) is 16.5 Å². The molecule has 4 N–H and O–H groups in total. The molecule has 0 bridgehead atoms. The highest BCUT2D eigenvalue weighted by Crippen LogP contribution is 2.53. The number of carboxylic acid groups (broad SMARTS) is 1. The van der Waals surface area contributed by atoms with E-state index in [-0.39, 0.29) is 28.5 Å². The summed E-state index contributed by atoms with van der Waals surface area (Å²) >= 11 is 0. The van der Waals surface area contributed by atoms with E-state index in [4.69, 9.17) is 15.6 Å². The Balaban J connectivity index is 2.49. The van der Waals surface area contributed by atoms with Crippen LogP contribution in [0, 0.1) is 36.0 Å². The first-order valence-electron chi connectivity index (χ1n) is 9.04. The third-order valence-electron chi connectivity index (χ3n) is 5.16. The number of aryl methyl sites for hydroxylation is 1. The molecule has 0 aliphatic carbocycles. The van der Waals surface area contributed by atoms with Crippen LogP contribution in [0.25, 0.3) is 0 Å². The number of hydrogen-bond donors (Lipinski definition) is 3. The molecule has 1 aliphatic rings. The highest BCUT2D eigenvalue weighted by Gasteiger charge is 2.51. The van der Waals surface area contributed by atoms with Crippen LogP contribution in [0.15, 0.2) is 29.7 Å². The number of benzene rings is 1. The summed E-state index contributed by atoms with van der Waals surface area (Å²) in [5.41, 5.74) is 4.19. The minimum absolute atomic E-state index is 0.0540. The van der Waals surface area contributed by atoms with E-state index in [2.05, 4.69) is 16.1 Å². The van der Waals surface area contributed by atoms with Crippen molar-refractivity contribution in [2.75, 3.05) is 0 Å². The Hall–Kier alpha value is -3.92. The zero-order valence-corrected chi connectivity index (χ0v) is 16.7. The first kappa shape index (κ1) is 21.8. The van der Waals surface area contributed by atoms with Crippen LogP contribution >= 0.6 is 0 Å². The second kappa shape index (κ2) is 7.40. The number of H-pyrrole nitrogens is 1. The predicted octanol–water partition coefficient (Wildman–Crippen LogP) is 3.20. The molecular formula is C21H17F3N4O3. The molecule has 1 aromatic carbocycles. The summed E-state index contributed by atoms with van der Waals surface area (Å²) < 4.78 is 46.6. The Labute approximate surface area is 175 Å². The van der Waals surface area contributed by atoms with Gasteiger partial charge < -0.3 is 15.6 Å². The average Bonchev–Trinajstić information content (AvgIpc) is 3.04. The van der Waals surface area contributed by atoms with E-state index in [1.54, 1.807) is 20.8 Å². The first-order chi connectivity index (χ1) is 14.4. The first-order valence-corrected chi connectivity index (χ1v) is 9.04. The van der Waals surface area contributed by atoms with Gasteiger partial charge >= 0.3 is 12.1 Å². The predicted molar refractivity (Wildman–Crippen MR) is 102 cm³/mol. The summed E-state index contributed by atoms with van der Waals surface area (Å²) in [4.78, 5) is 10.8. The second-order valence-electron chi connectivity index (χ2n) is 7.30. The van der Waals surface area contributed by atoms with Crippen molar-refractivity contribution in [2.24, 2.45) is 11.7 Å². The number of carboxylic acids is 1. The maximum Gasteiger partial charge on any atom is 0.416 e. The summed E-state index contributed by atoms with van der Waals surface area (Å²) in [5.74, 6) is 1.89. The smallest absolute Gasteiger partial charge is 0.416 e. The molecule has 2 aromatic rings. The van der Waals surface area contributed by atoms with Gasteiger partial charge in [-0.05, 0) is 36.6 Å². The third kappa shape index (κ3) is 3.46. The van der Waals surface area contributed by atoms with Crippen molar-refractivity contribution >= 4 is 5.97 Å². The van der Waals surface area contributed by atoms with Gasteiger partial charge in [-0.15, -0.1) is 5.10 Å². The second-order valence-corrected chi connectivity index (χ2v) is 7.30. The van der Waals surface area contributed by atoms with Gasteiger partial charge in [-0.2, -0.15) is 18.4 Å². The number of aromatic amines is 1. The largest absolute Gasteiger partial charge is 0.472 e. The van der Waals surface area contributed by atoms with Crippen molar-refractivity contribution in [1.29, 1.82) is 5.26 Å². The van der Waals surface area contributed by atoms with Gasteiger partial charge in [-0.1, -0.05) is 19.8 Å². The highest BCUT2D eigenvalue weighted by atomic mass is 19.4. The molecule has 1 aliphatic heterocycles. The van der Waals surface area contributed by atoms with Gasteiger partial charge in [0.2, 0.25) is 11.8 Å². The number of hydrogen-bond acceptors (Lipinski definition) is 5. The number of ether oxygens (including phenoxy) is 1. The fraction of sp³-hybridized carbons (Fsp3) is 0.286. The highest BCUT2D eigenvalue weighted by molar-refractivity contribution is 5.87. The summed E-state index contributed by atoms with van der Waals surface area (Å²) in [5, 5.41) is 25.5. The van der Waals surface area contributed by atoms with Crippen molar-refractivity contribution in [3.8, 4) is 23.8 Å². The Morgan fingerprint density at radius 1 is 1.35 bits per heavy atom. The van der Waals surface area contributed by atoms with Gasteiger partial charge in [0.25, 0.3) is 0 Å². The molecule has 0 amide bonds. The zero-order valence-electron chi connectivity index (χ0n) is 16.7. The van der Waals surface area contributed by atoms with Crippen molar-refractivity contribution < 1.29 is 27.8 Å². The molecule has 3 rings (SSSR count). The maximum absolute atomic E-state index is 13.7. The molecule has 0 radical (unpaired) electrons. The van der Waals surface area contributed by atoms with E-state index in [1.807, 2.05) is 12.0 Å². The van der Waals surface area contributed by atoms with Crippen LogP contribution in [0.4, 0.5) is 13.2 Å². The Bertz CT molecular complexity index is 1210. The Morgan fingerprint density at radius 3 is 2.58 bits per heavy atom. The topological polar surface area (TPSA) is 125 Å². The molecule has 0 saturated heterocycles. The van der Waals surface area contributed by atoms with Gasteiger partial charge in [0.1, 0.15) is 11.6 Å². The van der Waals surface area contributed by atoms with Crippen LogP contribution in [-0.4, -0.2) is 21.3 Å². The Morgan fingerprint density at radius 2 is 2.03 bits per heavy atom. The van der Waals surface area contributed by atoms with E-state index in [9.17, 15) is 23.2 Å². The van der Waals surface area contributed by atoms with Crippen molar-refractivity contribution in [3.63, 3.8) is 0 Å². The monoisotopic (exact) mass is 430 g/mol. The minimum Gasteiger partial charge on any atom is -0.472 e. The van der Waals surface area contributed by atoms with Crippen molar-refractivity contribution in [3.05, 3.63) is 57.6 Å². The molecule has 0 spiro atoms. The lowest BCUT2D eigenvalue weighted by Gasteiger charge is -2.41. The van der Waals surface area contributed by atoms with Crippen LogP contribution in [0.5, 0.6) is 5.88 Å². The van der Waals surface area contributed by atoms with Crippen LogP contribution in [0.2, 0.25) is 0 Å². The molecule has 0 fully saturated rings. The number of aromatic nitrogens is 2. The van der Waals surface area contributed by atoms with Crippen LogP contribution in [0.1, 0.15) is 41.8 Å². The molecule has 7 nitrogen and oxygen atoms in total. The summed E-state index contributed by atoms with van der Waals surface area (Å²) in [6, 6.07) is 4.99. The van der Waals surface area contributed by atoms with Crippen molar-refractivity contribution in [1.82, 2.24) is 10.2 Å². The number of carbonyl (C=O) groups is 1. The fourth-order valence-corrected chi connectivity index (χ4v) is 3.98. The fourth-order valence-electron chi connectivity index (χ4n) is 3.98. The van der Waals surface area contributed by atoms with Crippen LogP contribution in [0.3, 0.4) is 0 Å². The number of allylic oxidation sites excluding steroid dienone is 1. The van der Waals surface area contributed by atoms with Gasteiger partial charge in [-0.3, -0.25) is 5.10 Å². The van der Waals surface area contributed by atoms with Crippen LogP contribution < -0.4 is 10.5 Å². The van der Waals surface area contributed by atoms with Crippen LogP contribution in [-0.2, 0) is 16.4 Å².